The molecule has 0 radical (unpaired) electrons. The van der Waals surface area contributed by atoms with Crippen molar-refractivity contribution in [2.45, 2.75) is 11.8 Å². The van der Waals surface area contributed by atoms with Crippen LogP contribution in [0.15, 0.2) is 33.9 Å². The first-order valence-electron chi connectivity index (χ1n) is 5.33. The molecule has 1 aromatic heterocycles. The second kappa shape index (κ2) is 5.31. The van der Waals surface area contributed by atoms with Crippen LogP contribution in [0.3, 0.4) is 0 Å². The molecular weight excluding hydrogens is 271 g/mol. The maximum atomic E-state index is 13.6. The molecule has 5 nitrogen and oxygen atoms in total. The molecule has 1 unspecified atom stereocenters. The zero-order valence-corrected chi connectivity index (χ0v) is 11.1. The Labute approximate surface area is 111 Å². The number of aromatic nitrogens is 1. The molecule has 7 heteroatoms. The fraction of sp³-hybridized carbons (Fsp3) is 0.167. The highest BCUT2D eigenvalue weighted by molar-refractivity contribution is 7.84. The molecule has 1 atom stereocenters. The molecule has 100 valence electrons. The van der Waals surface area contributed by atoms with Gasteiger partial charge in [0.15, 0.2) is 12.1 Å². The Hall–Kier alpha value is -2.02. The van der Waals surface area contributed by atoms with E-state index >= 15 is 0 Å². The van der Waals surface area contributed by atoms with Crippen LogP contribution >= 0.6 is 0 Å². The minimum Gasteiger partial charge on any atom is -0.448 e. The van der Waals surface area contributed by atoms with E-state index in [4.69, 9.17) is 4.42 Å². The molecule has 0 spiro atoms. The van der Waals surface area contributed by atoms with Gasteiger partial charge in [-0.2, -0.15) is 0 Å². The third-order valence-electron chi connectivity index (χ3n) is 2.46. The summed E-state index contributed by atoms with van der Waals surface area (Å²) in [6, 6.07) is 3.97. The molecule has 2 aromatic rings. The average Bonchev–Trinajstić information content (AvgIpc) is 2.75. The van der Waals surface area contributed by atoms with Crippen LogP contribution in [0.1, 0.15) is 16.2 Å². The van der Waals surface area contributed by atoms with Crippen LogP contribution in [0.25, 0.3) is 0 Å². The van der Waals surface area contributed by atoms with Gasteiger partial charge in [-0.25, -0.2) is 9.37 Å². The van der Waals surface area contributed by atoms with Crippen molar-refractivity contribution in [3.63, 3.8) is 0 Å². The molecule has 19 heavy (non-hydrogen) atoms. The zero-order chi connectivity index (χ0) is 14.0. The highest BCUT2D eigenvalue weighted by Gasteiger charge is 2.14. The van der Waals surface area contributed by atoms with E-state index in [1.54, 1.807) is 6.92 Å². The predicted octanol–water partition coefficient (Wildman–Crippen LogP) is 2.11. The second-order valence-corrected chi connectivity index (χ2v) is 5.16. The van der Waals surface area contributed by atoms with Crippen molar-refractivity contribution < 1.29 is 17.8 Å². The van der Waals surface area contributed by atoms with Crippen molar-refractivity contribution in [2.24, 2.45) is 0 Å². The number of hydrogen-bond donors (Lipinski definition) is 1. The molecule has 0 aliphatic carbocycles. The van der Waals surface area contributed by atoms with Crippen molar-refractivity contribution in [1.29, 1.82) is 0 Å². The van der Waals surface area contributed by atoms with Crippen molar-refractivity contribution >= 4 is 22.4 Å². The van der Waals surface area contributed by atoms with E-state index in [1.165, 1.54) is 18.4 Å². The number of benzene rings is 1. The number of nitrogens with zero attached hydrogens (tertiary/aromatic N) is 1. The molecule has 1 aromatic carbocycles. The third kappa shape index (κ3) is 2.87. The molecular formula is C12H11FN2O3S. The van der Waals surface area contributed by atoms with Gasteiger partial charge in [0, 0.05) is 11.9 Å². The molecule has 0 saturated carbocycles. The van der Waals surface area contributed by atoms with Gasteiger partial charge < -0.3 is 9.73 Å². The first-order chi connectivity index (χ1) is 8.99. The van der Waals surface area contributed by atoms with E-state index < -0.39 is 22.5 Å². The van der Waals surface area contributed by atoms with Crippen LogP contribution < -0.4 is 5.32 Å². The minimum absolute atomic E-state index is 0.0932. The summed E-state index contributed by atoms with van der Waals surface area (Å²) in [7, 11) is -1.41. The summed E-state index contributed by atoms with van der Waals surface area (Å²) in [6.45, 7) is 1.60. The summed E-state index contributed by atoms with van der Waals surface area (Å²) in [5.41, 5.74) is 0.405. The van der Waals surface area contributed by atoms with Gasteiger partial charge in [-0.05, 0) is 25.1 Å². The van der Waals surface area contributed by atoms with E-state index in [9.17, 15) is 13.4 Å². The number of oxazole rings is 1. The van der Waals surface area contributed by atoms with Gasteiger partial charge in [0.1, 0.15) is 11.6 Å². The number of amides is 1. The number of anilines is 1. The normalized spacial score (nSPS) is 12.2. The van der Waals surface area contributed by atoms with E-state index in [0.29, 0.717) is 5.76 Å². The van der Waals surface area contributed by atoms with Gasteiger partial charge in [-0.15, -0.1) is 0 Å². The van der Waals surface area contributed by atoms with Crippen LogP contribution in [0.5, 0.6) is 0 Å². The quantitative estimate of drug-likeness (QED) is 0.935. The maximum Gasteiger partial charge on any atom is 0.277 e. The number of carbonyl (C=O) groups is 1. The van der Waals surface area contributed by atoms with Crippen molar-refractivity contribution in [3.05, 3.63) is 41.9 Å². The van der Waals surface area contributed by atoms with Gasteiger partial charge in [0.25, 0.3) is 5.91 Å². The van der Waals surface area contributed by atoms with Gasteiger partial charge in [0.2, 0.25) is 0 Å². The van der Waals surface area contributed by atoms with Gasteiger partial charge >= 0.3 is 0 Å². The van der Waals surface area contributed by atoms with Crippen LogP contribution in [0, 0.1) is 12.7 Å². The summed E-state index contributed by atoms with van der Waals surface area (Å²) in [6.07, 6.45) is 2.55. The zero-order valence-electron chi connectivity index (χ0n) is 10.3. The number of halogens is 1. The first kappa shape index (κ1) is 13.4. The first-order valence-corrected chi connectivity index (χ1v) is 6.89. The second-order valence-electron chi connectivity index (χ2n) is 3.81. The molecule has 0 aliphatic rings. The Morgan fingerprint density at radius 1 is 1.47 bits per heavy atom. The number of aryl methyl sites for hydroxylation is 1. The Bertz CT molecular complexity index is 654. The molecule has 0 aliphatic heterocycles. The molecule has 1 N–H and O–H groups in total. The van der Waals surface area contributed by atoms with Crippen LogP contribution in [-0.4, -0.2) is 21.4 Å². The van der Waals surface area contributed by atoms with E-state index in [1.807, 2.05) is 0 Å². The molecule has 0 saturated heterocycles. The fourth-order valence-electron chi connectivity index (χ4n) is 1.53. The SMILES string of the molecule is Cc1ocnc1C(=O)Nc1ccc(S(C)=O)c(F)c1. The number of nitrogens with one attached hydrogen (secondary N) is 1. The summed E-state index contributed by atoms with van der Waals surface area (Å²) in [5, 5.41) is 2.49. The van der Waals surface area contributed by atoms with Gasteiger partial charge in [-0.3, -0.25) is 9.00 Å². The lowest BCUT2D eigenvalue weighted by Gasteiger charge is -2.05. The standard InChI is InChI=1S/C12H11FN2O3S/c1-7-11(14-6-18-7)12(16)15-8-3-4-10(19(2)17)9(13)5-8/h3-6H,1-2H3,(H,15,16). The molecule has 2 rings (SSSR count). The number of rotatable bonds is 3. The highest BCUT2D eigenvalue weighted by Crippen LogP contribution is 2.18. The van der Waals surface area contributed by atoms with E-state index in [0.717, 1.165) is 12.5 Å². The summed E-state index contributed by atoms with van der Waals surface area (Å²) in [5.74, 6) is -0.740. The Morgan fingerprint density at radius 3 is 2.74 bits per heavy atom. The summed E-state index contributed by atoms with van der Waals surface area (Å²) < 4.78 is 29.7. The smallest absolute Gasteiger partial charge is 0.277 e. The van der Waals surface area contributed by atoms with Crippen LogP contribution in [0.4, 0.5) is 10.1 Å². The van der Waals surface area contributed by atoms with E-state index in [2.05, 4.69) is 10.3 Å². The number of carbonyl (C=O) groups excluding carboxylic acids is 1. The van der Waals surface area contributed by atoms with Crippen molar-refractivity contribution in [3.8, 4) is 0 Å². The van der Waals surface area contributed by atoms with Crippen molar-refractivity contribution in [2.75, 3.05) is 11.6 Å². The summed E-state index contributed by atoms with van der Waals surface area (Å²) >= 11 is 0. The minimum atomic E-state index is -1.41. The fourth-order valence-corrected chi connectivity index (χ4v) is 2.12. The number of hydrogen-bond acceptors (Lipinski definition) is 4. The Morgan fingerprint density at radius 2 is 2.21 bits per heavy atom. The molecule has 0 bridgehead atoms. The topological polar surface area (TPSA) is 72.2 Å². The lowest BCUT2D eigenvalue weighted by Crippen LogP contribution is -2.13. The van der Waals surface area contributed by atoms with Crippen molar-refractivity contribution in [1.82, 2.24) is 4.98 Å². The molecule has 1 amide bonds. The lowest BCUT2D eigenvalue weighted by atomic mass is 10.3. The van der Waals surface area contributed by atoms with Crippen LogP contribution in [-0.2, 0) is 10.8 Å². The summed E-state index contributed by atoms with van der Waals surface area (Å²) in [4.78, 5) is 15.7. The van der Waals surface area contributed by atoms with Crippen LogP contribution in [0.2, 0.25) is 0 Å². The Balaban J connectivity index is 2.21. The van der Waals surface area contributed by atoms with Gasteiger partial charge in [0.05, 0.1) is 15.7 Å². The molecule has 1 heterocycles. The monoisotopic (exact) mass is 282 g/mol. The average molecular weight is 282 g/mol. The largest absolute Gasteiger partial charge is 0.448 e. The Kier molecular flexibility index (Phi) is 3.75. The highest BCUT2D eigenvalue weighted by atomic mass is 32.2. The lowest BCUT2D eigenvalue weighted by molar-refractivity contribution is 0.102. The molecule has 0 fully saturated rings. The maximum absolute atomic E-state index is 13.6. The van der Waals surface area contributed by atoms with Gasteiger partial charge in [-0.1, -0.05) is 0 Å². The third-order valence-corrected chi connectivity index (χ3v) is 3.41. The van der Waals surface area contributed by atoms with E-state index in [-0.39, 0.29) is 16.3 Å². The predicted molar refractivity (Wildman–Crippen MR) is 67.9 cm³/mol.